The van der Waals surface area contributed by atoms with E-state index in [1.54, 1.807) is 27.9 Å². The Bertz CT molecular complexity index is 968. The zero-order chi connectivity index (χ0) is 24.0. The van der Waals surface area contributed by atoms with Crippen LogP contribution in [0.5, 0.6) is 5.75 Å². The van der Waals surface area contributed by atoms with Gasteiger partial charge >= 0.3 is 12.1 Å². The predicted molar refractivity (Wildman–Crippen MR) is 122 cm³/mol. The van der Waals surface area contributed by atoms with Gasteiger partial charge in [-0.2, -0.15) is 4.98 Å². The van der Waals surface area contributed by atoms with E-state index in [1.165, 1.54) is 18.1 Å². The highest BCUT2D eigenvalue weighted by molar-refractivity contribution is 5.91. The van der Waals surface area contributed by atoms with Crippen molar-refractivity contribution in [2.75, 3.05) is 50.3 Å². The molecule has 0 unspecified atom stereocenters. The monoisotopic (exact) mass is 458 g/mol. The molecule has 0 radical (unpaired) electrons. The highest BCUT2D eigenvalue weighted by Gasteiger charge is 2.28. The van der Waals surface area contributed by atoms with Crippen molar-refractivity contribution in [3.8, 4) is 5.75 Å². The smallest absolute Gasteiger partial charge is 0.416 e. The molecule has 0 N–H and O–H groups in total. The second kappa shape index (κ2) is 10.5. The number of hydrogen-bond acceptors (Lipinski definition) is 9. The van der Waals surface area contributed by atoms with E-state index < -0.39 is 17.7 Å². The molecule has 1 aromatic carbocycles. The number of amides is 1. The summed E-state index contributed by atoms with van der Waals surface area (Å²) in [6, 6.07) is 8.75. The molecule has 10 nitrogen and oxygen atoms in total. The number of morpholine rings is 1. The second-order valence-corrected chi connectivity index (χ2v) is 8.42. The predicted octanol–water partition coefficient (Wildman–Crippen LogP) is 3.05. The number of anilines is 2. The Labute approximate surface area is 193 Å². The molecule has 1 aliphatic heterocycles. The normalized spacial score (nSPS) is 13.9. The van der Waals surface area contributed by atoms with Crippen LogP contribution < -0.4 is 14.5 Å². The Hall–Kier alpha value is -3.40. The van der Waals surface area contributed by atoms with Crippen LogP contribution in [0.4, 0.5) is 16.6 Å². The first-order chi connectivity index (χ1) is 15.7. The van der Waals surface area contributed by atoms with Gasteiger partial charge in [0.25, 0.3) is 0 Å². The first-order valence-electron chi connectivity index (χ1n) is 10.6. The van der Waals surface area contributed by atoms with Crippen molar-refractivity contribution in [3.63, 3.8) is 0 Å². The van der Waals surface area contributed by atoms with E-state index in [1.807, 2.05) is 29.2 Å². The maximum Gasteiger partial charge on any atom is 0.416 e. The molecule has 0 saturated carbocycles. The van der Waals surface area contributed by atoms with Crippen LogP contribution in [-0.4, -0.2) is 68.2 Å². The van der Waals surface area contributed by atoms with Gasteiger partial charge in [0.15, 0.2) is 5.69 Å². The zero-order valence-electron chi connectivity index (χ0n) is 19.7. The van der Waals surface area contributed by atoms with Gasteiger partial charge in [-0.3, -0.25) is 4.90 Å². The minimum Gasteiger partial charge on any atom is -0.497 e. The standard InChI is InChI=1S/C23H30N4O6/c1-23(2,3)33-22(29)27(15-16-6-8-17(30-4)9-7-16)19-14-18(20(28)31-5)24-21(25-19)26-10-12-32-13-11-26/h6-9,14H,10-13,15H2,1-5H3. The summed E-state index contributed by atoms with van der Waals surface area (Å²) in [5.41, 5.74) is 0.153. The van der Waals surface area contributed by atoms with Gasteiger partial charge in [0.1, 0.15) is 17.2 Å². The van der Waals surface area contributed by atoms with Crippen molar-refractivity contribution in [2.24, 2.45) is 0 Å². The van der Waals surface area contributed by atoms with Crippen LogP contribution in [-0.2, 0) is 20.8 Å². The molecular formula is C23H30N4O6. The molecule has 0 aliphatic carbocycles. The highest BCUT2D eigenvalue weighted by Crippen LogP contribution is 2.24. The van der Waals surface area contributed by atoms with Crippen molar-refractivity contribution >= 4 is 23.8 Å². The number of methoxy groups -OCH3 is 2. The summed E-state index contributed by atoms with van der Waals surface area (Å²) < 4.78 is 21.1. The molecule has 2 heterocycles. The minimum atomic E-state index is -0.722. The van der Waals surface area contributed by atoms with E-state index in [4.69, 9.17) is 18.9 Å². The lowest BCUT2D eigenvalue weighted by atomic mass is 10.2. The number of hydrogen-bond donors (Lipinski definition) is 0. The third-order valence-electron chi connectivity index (χ3n) is 4.78. The molecule has 0 spiro atoms. The Morgan fingerprint density at radius 3 is 2.33 bits per heavy atom. The summed E-state index contributed by atoms with van der Waals surface area (Å²) in [6.07, 6.45) is -0.597. The van der Waals surface area contributed by atoms with Gasteiger partial charge in [0.05, 0.1) is 34.0 Å². The third kappa shape index (κ3) is 6.55. The molecule has 0 atom stereocenters. The SMILES string of the molecule is COC(=O)c1cc(N(Cc2ccc(OC)cc2)C(=O)OC(C)(C)C)nc(N2CCOCC2)n1. The molecule has 178 valence electrons. The Morgan fingerprint density at radius 2 is 1.76 bits per heavy atom. The molecule has 1 amide bonds. The van der Waals surface area contributed by atoms with Gasteiger partial charge in [-0.1, -0.05) is 12.1 Å². The van der Waals surface area contributed by atoms with E-state index in [0.29, 0.717) is 38.0 Å². The number of carbonyl (C=O) groups is 2. The summed E-state index contributed by atoms with van der Waals surface area (Å²) in [7, 11) is 2.87. The van der Waals surface area contributed by atoms with Crippen LogP contribution in [0, 0.1) is 0 Å². The number of ether oxygens (including phenoxy) is 4. The van der Waals surface area contributed by atoms with Crippen LogP contribution in [0.3, 0.4) is 0 Å². The zero-order valence-corrected chi connectivity index (χ0v) is 19.7. The lowest BCUT2D eigenvalue weighted by Gasteiger charge is -2.30. The molecule has 0 bridgehead atoms. The Kier molecular flexibility index (Phi) is 7.70. The van der Waals surface area contributed by atoms with E-state index in [0.717, 1.165) is 5.56 Å². The van der Waals surface area contributed by atoms with Crippen LogP contribution in [0.15, 0.2) is 30.3 Å². The molecule has 1 fully saturated rings. The van der Waals surface area contributed by atoms with Crippen LogP contribution >= 0.6 is 0 Å². The first kappa shape index (κ1) is 24.2. The number of aromatic nitrogens is 2. The van der Waals surface area contributed by atoms with Gasteiger partial charge in [0.2, 0.25) is 5.95 Å². The molecular weight excluding hydrogens is 428 g/mol. The topological polar surface area (TPSA) is 103 Å². The summed E-state index contributed by atoms with van der Waals surface area (Å²) in [5.74, 6) is 0.630. The second-order valence-electron chi connectivity index (χ2n) is 8.42. The fourth-order valence-electron chi connectivity index (χ4n) is 3.14. The number of carbonyl (C=O) groups excluding carboxylic acids is 2. The molecule has 1 saturated heterocycles. The average Bonchev–Trinajstić information content (AvgIpc) is 2.81. The first-order valence-corrected chi connectivity index (χ1v) is 10.6. The average molecular weight is 459 g/mol. The fraction of sp³-hybridized carbons (Fsp3) is 0.478. The number of esters is 1. The van der Waals surface area contributed by atoms with E-state index in [9.17, 15) is 9.59 Å². The lowest BCUT2D eigenvalue weighted by molar-refractivity contribution is 0.0567. The molecule has 33 heavy (non-hydrogen) atoms. The van der Waals surface area contributed by atoms with E-state index >= 15 is 0 Å². The van der Waals surface area contributed by atoms with Crippen LogP contribution in [0.2, 0.25) is 0 Å². The van der Waals surface area contributed by atoms with Gasteiger partial charge in [0, 0.05) is 19.2 Å². The van der Waals surface area contributed by atoms with Gasteiger partial charge in [-0.15, -0.1) is 0 Å². The molecule has 1 aliphatic rings. The van der Waals surface area contributed by atoms with E-state index in [-0.39, 0.29) is 18.1 Å². The molecule has 2 aromatic rings. The lowest BCUT2D eigenvalue weighted by Crippen LogP contribution is -2.39. The molecule has 1 aromatic heterocycles. The third-order valence-corrected chi connectivity index (χ3v) is 4.78. The van der Waals surface area contributed by atoms with Crippen LogP contribution in [0.25, 0.3) is 0 Å². The van der Waals surface area contributed by atoms with Gasteiger partial charge in [-0.25, -0.2) is 14.6 Å². The van der Waals surface area contributed by atoms with Crippen LogP contribution in [0.1, 0.15) is 36.8 Å². The highest BCUT2D eigenvalue weighted by atomic mass is 16.6. The minimum absolute atomic E-state index is 0.0484. The van der Waals surface area contributed by atoms with Gasteiger partial charge in [-0.05, 0) is 38.5 Å². The summed E-state index contributed by atoms with van der Waals surface area (Å²) >= 11 is 0. The summed E-state index contributed by atoms with van der Waals surface area (Å²) in [6.45, 7) is 7.69. The Morgan fingerprint density at radius 1 is 1.09 bits per heavy atom. The quantitative estimate of drug-likeness (QED) is 0.604. The largest absolute Gasteiger partial charge is 0.497 e. The molecule has 10 heteroatoms. The van der Waals surface area contributed by atoms with Gasteiger partial charge < -0.3 is 23.8 Å². The van der Waals surface area contributed by atoms with Crippen molar-refractivity contribution in [1.82, 2.24) is 9.97 Å². The number of rotatable bonds is 6. The van der Waals surface area contributed by atoms with Crippen molar-refractivity contribution < 1.29 is 28.5 Å². The number of nitrogens with zero attached hydrogens (tertiary/aromatic N) is 4. The summed E-state index contributed by atoms with van der Waals surface area (Å²) in [4.78, 5) is 37.8. The Balaban J connectivity index is 2.03. The maximum absolute atomic E-state index is 13.2. The van der Waals surface area contributed by atoms with Crippen molar-refractivity contribution in [2.45, 2.75) is 32.9 Å². The maximum atomic E-state index is 13.2. The van der Waals surface area contributed by atoms with Crippen molar-refractivity contribution in [3.05, 3.63) is 41.6 Å². The fourth-order valence-corrected chi connectivity index (χ4v) is 3.14. The summed E-state index contributed by atoms with van der Waals surface area (Å²) in [5, 5.41) is 0. The van der Waals surface area contributed by atoms with E-state index in [2.05, 4.69) is 9.97 Å². The molecule has 3 rings (SSSR count). The number of benzene rings is 1. The van der Waals surface area contributed by atoms with Crippen molar-refractivity contribution in [1.29, 1.82) is 0 Å².